The molecule has 3 rings (SSSR count). The van der Waals surface area contributed by atoms with Crippen LogP contribution in [0, 0.1) is 0 Å². The summed E-state index contributed by atoms with van der Waals surface area (Å²) in [6, 6.07) is 11.5. The third kappa shape index (κ3) is 4.16. The van der Waals surface area contributed by atoms with Crippen molar-refractivity contribution in [1.29, 1.82) is 0 Å². The zero-order chi connectivity index (χ0) is 17.9. The molecule has 0 spiro atoms. The maximum atomic E-state index is 12.5. The fourth-order valence-electron chi connectivity index (χ4n) is 2.28. The lowest BCUT2D eigenvalue weighted by atomic mass is 10.1. The van der Waals surface area contributed by atoms with E-state index in [9.17, 15) is 8.42 Å². The van der Waals surface area contributed by atoms with Gasteiger partial charge in [-0.25, -0.2) is 13.1 Å². The van der Waals surface area contributed by atoms with E-state index < -0.39 is 10.0 Å². The zero-order valence-electron chi connectivity index (χ0n) is 12.9. The summed E-state index contributed by atoms with van der Waals surface area (Å²) >= 11 is 11.9. The maximum absolute atomic E-state index is 12.5. The average Bonchev–Trinajstić information content (AvgIpc) is 2.63. The number of hydrogen-bond acceptors (Lipinski definition) is 4. The minimum Gasteiger partial charge on any atom is -0.265 e. The van der Waals surface area contributed by atoms with Crippen molar-refractivity contribution in [3.05, 3.63) is 76.7 Å². The van der Waals surface area contributed by atoms with Crippen LogP contribution in [-0.2, 0) is 16.6 Å². The van der Waals surface area contributed by atoms with Crippen LogP contribution in [0.25, 0.3) is 11.3 Å². The van der Waals surface area contributed by atoms with Crippen molar-refractivity contribution in [2.75, 3.05) is 0 Å². The number of hydrogen-bond donors (Lipinski definition) is 1. The fraction of sp³-hybridized carbons (Fsp3) is 0.0588. The molecular weight excluding hydrogens is 381 g/mol. The van der Waals surface area contributed by atoms with Gasteiger partial charge in [0.1, 0.15) is 4.90 Å². The second-order valence-electron chi connectivity index (χ2n) is 5.15. The van der Waals surface area contributed by atoms with Gasteiger partial charge in [0, 0.05) is 35.7 Å². The van der Waals surface area contributed by atoms with Crippen molar-refractivity contribution in [2.24, 2.45) is 0 Å². The zero-order valence-corrected chi connectivity index (χ0v) is 15.2. The lowest BCUT2D eigenvalue weighted by Gasteiger charge is -2.11. The van der Waals surface area contributed by atoms with Crippen molar-refractivity contribution < 1.29 is 8.42 Å². The minimum absolute atomic E-state index is 0.0592. The van der Waals surface area contributed by atoms with Crippen molar-refractivity contribution >= 4 is 33.2 Å². The van der Waals surface area contributed by atoms with E-state index in [2.05, 4.69) is 14.7 Å². The van der Waals surface area contributed by atoms with Crippen LogP contribution in [0.1, 0.15) is 5.56 Å². The van der Waals surface area contributed by atoms with Crippen LogP contribution in [0.2, 0.25) is 10.0 Å². The first kappa shape index (κ1) is 17.8. The number of nitrogens with zero attached hydrogens (tertiary/aromatic N) is 2. The Morgan fingerprint density at radius 3 is 2.52 bits per heavy atom. The molecule has 0 aliphatic rings. The predicted octanol–water partition coefficient (Wildman–Crippen LogP) is 3.93. The monoisotopic (exact) mass is 393 g/mol. The molecule has 5 nitrogen and oxygen atoms in total. The summed E-state index contributed by atoms with van der Waals surface area (Å²) < 4.78 is 27.6. The Morgan fingerprint density at radius 2 is 1.76 bits per heavy atom. The number of rotatable bonds is 5. The number of nitrogens with one attached hydrogen (secondary N) is 1. The number of halogens is 2. The van der Waals surface area contributed by atoms with Gasteiger partial charge in [0.25, 0.3) is 0 Å². The SMILES string of the molecule is O=S(=O)(NCc1cccnc1-c1ccncc1)c1cc(Cl)ccc1Cl. The highest BCUT2D eigenvalue weighted by Crippen LogP contribution is 2.26. The average molecular weight is 394 g/mol. The first-order valence-corrected chi connectivity index (χ1v) is 9.50. The van der Waals surface area contributed by atoms with Gasteiger partial charge in [-0.05, 0) is 42.0 Å². The first-order chi connectivity index (χ1) is 12.0. The van der Waals surface area contributed by atoms with Gasteiger partial charge in [0.15, 0.2) is 0 Å². The van der Waals surface area contributed by atoms with Gasteiger partial charge >= 0.3 is 0 Å². The predicted molar refractivity (Wildman–Crippen MR) is 98.0 cm³/mol. The highest BCUT2D eigenvalue weighted by Gasteiger charge is 2.19. The van der Waals surface area contributed by atoms with Gasteiger partial charge < -0.3 is 0 Å². The molecule has 0 bridgehead atoms. The number of pyridine rings is 2. The molecule has 0 saturated heterocycles. The van der Waals surface area contributed by atoms with Crippen LogP contribution in [0.15, 0.2) is 66.0 Å². The largest absolute Gasteiger partial charge is 0.265 e. The summed E-state index contributed by atoms with van der Waals surface area (Å²) in [5.41, 5.74) is 2.27. The lowest BCUT2D eigenvalue weighted by Crippen LogP contribution is -2.24. The van der Waals surface area contributed by atoms with Crippen LogP contribution in [0.4, 0.5) is 0 Å². The molecule has 0 saturated carbocycles. The van der Waals surface area contributed by atoms with Crippen LogP contribution < -0.4 is 4.72 Å². The van der Waals surface area contributed by atoms with Crippen LogP contribution in [-0.4, -0.2) is 18.4 Å². The molecule has 0 unspecified atom stereocenters. The van der Waals surface area contributed by atoms with Gasteiger partial charge in [0.05, 0.1) is 10.7 Å². The molecule has 3 aromatic rings. The second kappa shape index (κ2) is 7.49. The summed E-state index contributed by atoms with van der Waals surface area (Å²) in [6.07, 6.45) is 4.97. The Bertz CT molecular complexity index is 996. The second-order valence-corrected chi connectivity index (χ2v) is 7.73. The summed E-state index contributed by atoms with van der Waals surface area (Å²) in [7, 11) is -3.82. The molecule has 2 aromatic heterocycles. The number of sulfonamides is 1. The molecule has 0 amide bonds. The fourth-order valence-corrected chi connectivity index (χ4v) is 4.05. The summed E-state index contributed by atoms with van der Waals surface area (Å²) in [4.78, 5) is 8.26. The molecule has 2 heterocycles. The van der Waals surface area contributed by atoms with E-state index in [4.69, 9.17) is 23.2 Å². The van der Waals surface area contributed by atoms with E-state index in [1.165, 1.54) is 18.2 Å². The highest BCUT2D eigenvalue weighted by atomic mass is 35.5. The third-order valence-corrected chi connectivity index (χ3v) is 5.60. The highest BCUT2D eigenvalue weighted by molar-refractivity contribution is 7.89. The van der Waals surface area contributed by atoms with Crippen molar-refractivity contribution in [3.8, 4) is 11.3 Å². The Kier molecular flexibility index (Phi) is 5.34. The van der Waals surface area contributed by atoms with E-state index >= 15 is 0 Å². The van der Waals surface area contributed by atoms with Crippen LogP contribution >= 0.6 is 23.2 Å². The summed E-state index contributed by atoms with van der Waals surface area (Å²) in [5, 5.41) is 0.404. The number of aromatic nitrogens is 2. The Balaban J connectivity index is 1.88. The van der Waals surface area contributed by atoms with E-state index in [1.807, 2.05) is 18.2 Å². The van der Waals surface area contributed by atoms with Gasteiger partial charge in [-0.2, -0.15) is 0 Å². The van der Waals surface area contributed by atoms with E-state index in [1.54, 1.807) is 24.7 Å². The molecular formula is C17H13Cl2N3O2S. The van der Waals surface area contributed by atoms with Gasteiger partial charge in [0.2, 0.25) is 10.0 Å². The molecule has 0 aliphatic heterocycles. The molecule has 1 aromatic carbocycles. The van der Waals surface area contributed by atoms with Crippen molar-refractivity contribution in [1.82, 2.24) is 14.7 Å². The summed E-state index contributed by atoms with van der Waals surface area (Å²) in [6.45, 7) is 0.0661. The quantitative estimate of drug-likeness (QED) is 0.712. The molecule has 0 fully saturated rings. The smallest absolute Gasteiger partial charge is 0.242 e. The van der Waals surface area contributed by atoms with Crippen molar-refractivity contribution in [3.63, 3.8) is 0 Å². The molecule has 0 aliphatic carbocycles. The molecule has 0 atom stereocenters. The van der Waals surface area contributed by atoms with Gasteiger partial charge in [-0.15, -0.1) is 0 Å². The van der Waals surface area contributed by atoms with Crippen LogP contribution in [0.3, 0.4) is 0 Å². The van der Waals surface area contributed by atoms with Gasteiger partial charge in [-0.1, -0.05) is 29.3 Å². The lowest BCUT2D eigenvalue weighted by molar-refractivity contribution is 0.581. The number of benzene rings is 1. The molecule has 1 N–H and O–H groups in total. The van der Waals surface area contributed by atoms with Gasteiger partial charge in [-0.3, -0.25) is 9.97 Å². The van der Waals surface area contributed by atoms with Crippen LogP contribution in [0.5, 0.6) is 0 Å². The van der Waals surface area contributed by atoms with E-state index in [-0.39, 0.29) is 16.5 Å². The molecule has 128 valence electrons. The normalized spacial score (nSPS) is 11.4. The first-order valence-electron chi connectivity index (χ1n) is 7.26. The third-order valence-electron chi connectivity index (χ3n) is 3.48. The Morgan fingerprint density at radius 1 is 1.00 bits per heavy atom. The van der Waals surface area contributed by atoms with E-state index in [0.29, 0.717) is 10.7 Å². The minimum atomic E-state index is -3.82. The maximum Gasteiger partial charge on any atom is 0.242 e. The topological polar surface area (TPSA) is 72.0 Å². The molecule has 25 heavy (non-hydrogen) atoms. The molecule has 8 heteroatoms. The Hall–Kier alpha value is -1.99. The standard InChI is InChI=1S/C17H13Cl2N3O2S/c18-14-3-4-15(19)16(10-14)25(23,24)22-11-13-2-1-7-21-17(13)12-5-8-20-9-6-12/h1-10,22H,11H2. The Labute approximate surface area is 155 Å². The van der Waals surface area contributed by atoms with E-state index in [0.717, 1.165) is 11.1 Å². The van der Waals surface area contributed by atoms with Crippen molar-refractivity contribution in [2.45, 2.75) is 11.4 Å². The summed E-state index contributed by atoms with van der Waals surface area (Å²) in [5.74, 6) is 0. The molecule has 0 radical (unpaired) electrons.